The fourth-order valence-electron chi connectivity index (χ4n) is 6.06. The third-order valence-electron chi connectivity index (χ3n) is 8.11. The standard InChI is InChI=1S/C27H34N8O2/c1-2-23-28-20-5-3-4-6-21(20)35(23)27-31-25-24(26(32-27)34-9-13-37-14-10-34)29-22(30-25)17-33-15-19(16-33)18-7-11-36-12-8-18/h3-6,18-19H,2,7-17H2,1H3,(H,29,30,31,32). The average molecular weight is 503 g/mol. The summed E-state index contributed by atoms with van der Waals surface area (Å²) >= 11 is 0. The highest BCUT2D eigenvalue weighted by Crippen LogP contribution is 2.32. The Balaban J connectivity index is 1.23. The van der Waals surface area contributed by atoms with Gasteiger partial charge in [0.2, 0.25) is 5.95 Å². The van der Waals surface area contributed by atoms with Gasteiger partial charge in [-0.05, 0) is 36.8 Å². The molecule has 10 nitrogen and oxygen atoms in total. The minimum absolute atomic E-state index is 0.637. The van der Waals surface area contributed by atoms with Crippen molar-refractivity contribution in [2.75, 3.05) is 57.5 Å². The third-order valence-corrected chi connectivity index (χ3v) is 8.11. The quantitative estimate of drug-likeness (QED) is 0.430. The molecule has 194 valence electrons. The van der Waals surface area contributed by atoms with Crippen molar-refractivity contribution in [1.82, 2.24) is 34.4 Å². The van der Waals surface area contributed by atoms with Crippen molar-refractivity contribution in [2.24, 2.45) is 11.8 Å². The van der Waals surface area contributed by atoms with Gasteiger partial charge in [-0.1, -0.05) is 19.1 Å². The van der Waals surface area contributed by atoms with Crippen molar-refractivity contribution in [3.05, 3.63) is 35.9 Å². The van der Waals surface area contributed by atoms with Gasteiger partial charge in [-0.3, -0.25) is 9.47 Å². The highest BCUT2D eigenvalue weighted by Gasteiger charge is 2.34. The second kappa shape index (κ2) is 9.66. The van der Waals surface area contributed by atoms with Gasteiger partial charge in [0.25, 0.3) is 0 Å². The molecule has 3 aliphatic heterocycles. The summed E-state index contributed by atoms with van der Waals surface area (Å²) in [6.07, 6.45) is 3.20. The van der Waals surface area contributed by atoms with E-state index in [-0.39, 0.29) is 0 Å². The van der Waals surface area contributed by atoms with E-state index in [1.54, 1.807) is 0 Å². The van der Waals surface area contributed by atoms with Crippen molar-refractivity contribution in [2.45, 2.75) is 32.7 Å². The number of hydrogen-bond donors (Lipinski definition) is 1. The summed E-state index contributed by atoms with van der Waals surface area (Å²) in [6.45, 7) is 9.99. The highest BCUT2D eigenvalue weighted by molar-refractivity contribution is 5.85. The predicted molar refractivity (Wildman–Crippen MR) is 141 cm³/mol. The largest absolute Gasteiger partial charge is 0.381 e. The SMILES string of the molecule is CCc1nc2ccccc2n1-c1nc(N2CCOCC2)c2nc(CN3CC(C4CCOCC4)C3)[nH]c2n1. The number of aromatic nitrogens is 6. The van der Waals surface area contributed by atoms with Crippen LogP contribution in [0.2, 0.25) is 0 Å². The lowest BCUT2D eigenvalue weighted by Gasteiger charge is -2.44. The Labute approximate surface area is 216 Å². The summed E-state index contributed by atoms with van der Waals surface area (Å²) in [5.41, 5.74) is 3.59. The van der Waals surface area contributed by atoms with Crippen LogP contribution in [0.25, 0.3) is 28.1 Å². The Kier molecular flexibility index (Phi) is 6.02. The maximum atomic E-state index is 5.63. The van der Waals surface area contributed by atoms with Crippen molar-refractivity contribution in [3.63, 3.8) is 0 Å². The molecule has 1 aromatic carbocycles. The fraction of sp³-hybridized carbons (Fsp3) is 0.556. The Morgan fingerprint density at radius 3 is 2.51 bits per heavy atom. The number of aromatic amines is 1. The smallest absolute Gasteiger partial charge is 0.239 e. The number of rotatable bonds is 6. The molecule has 0 aliphatic carbocycles. The molecule has 0 spiro atoms. The van der Waals surface area contributed by atoms with Gasteiger partial charge in [-0.25, -0.2) is 9.97 Å². The zero-order valence-electron chi connectivity index (χ0n) is 21.4. The summed E-state index contributed by atoms with van der Waals surface area (Å²) in [6, 6.07) is 8.18. The van der Waals surface area contributed by atoms with Gasteiger partial charge >= 0.3 is 0 Å². The predicted octanol–water partition coefficient (Wildman–Crippen LogP) is 2.95. The number of aryl methyl sites for hydroxylation is 1. The number of para-hydroxylation sites is 2. The zero-order chi connectivity index (χ0) is 24.8. The number of nitrogens with zero attached hydrogens (tertiary/aromatic N) is 7. The van der Waals surface area contributed by atoms with Crippen molar-refractivity contribution in [1.29, 1.82) is 0 Å². The minimum atomic E-state index is 0.637. The van der Waals surface area contributed by atoms with E-state index in [0.29, 0.717) is 19.2 Å². The molecular formula is C27H34N8O2. The first kappa shape index (κ1) is 23.1. The first-order valence-corrected chi connectivity index (χ1v) is 13.6. The van der Waals surface area contributed by atoms with E-state index in [0.717, 1.165) is 104 Å². The Bertz CT molecular complexity index is 1400. The second-order valence-electron chi connectivity index (χ2n) is 10.4. The van der Waals surface area contributed by atoms with Crippen LogP contribution in [-0.2, 0) is 22.4 Å². The maximum Gasteiger partial charge on any atom is 0.239 e. The Morgan fingerprint density at radius 2 is 1.70 bits per heavy atom. The average Bonchev–Trinajstić information content (AvgIpc) is 3.51. The first-order chi connectivity index (χ1) is 18.3. The Hall–Kier alpha value is -3.08. The summed E-state index contributed by atoms with van der Waals surface area (Å²) in [5, 5.41) is 0. The number of fused-ring (bicyclic) bond motifs is 2. The van der Waals surface area contributed by atoms with Gasteiger partial charge in [-0.2, -0.15) is 9.97 Å². The number of morpholine rings is 1. The monoisotopic (exact) mass is 502 g/mol. The zero-order valence-corrected chi connectivity index (χ0v) is 21.4. The molecule has 3 aromatic heterocycles. The topological polar surface area (TPSA) is 97.2 Å². The van der Waals surface area contributed by atoms with Gasteiger partial charge < -0.3 is 19.4 Å². The number of ether oxygens (including phenoxy) is 2. The number of anilines is 1. The van der Waals surface area contributed by atoms with Crippen LogP contribution >= 0.6 is 0 Å². The molecule has 4 aromatic rings. The number of H-pyrrole nitrogens is 1. The normalized spacial score (nSPS) is 20.2. The number of nitrogens with one attached hydrogen (secondary N) is 1. The fourth-order valence-corrected chi connectivity index (χ4v) is 6.06. The van der Waals surface area contributed by atoms with Gasteiger partial charge in [0.15, 0.2) is 17.0 Å². The summed E-state index contributed by atoms with van der Waals surface area (Å²) in [4.78, 5) is 28.3. The minimum Gasteiger partial charge on any atom is -0.381 e. The summed E-state index contributed by atoms with van der Waals surface area (Å²) in [7, 11) is 0. The highest BCUT2D eigenvalue weighted by atomic mass is 16.5. The van der Waals surface area contributed by atoms with Gasteiger partial charge in [-0.15, -0.1) is 0 Å². The van der Waals surface area contributed by atoms with Crippen LogP contribution in [0.5, 0.6) is 0 Å². The van der Waals surface area contributed by atoms with E-state index in [1.807, 2.05) is 18.2 Å². The summed E-state index contributed by atoms with van der Waals surface area (Å²) < 4.78 is 13.3. The van der Waals surface area contributed by atoms with Crippen LogP contribution in [0.3, 0.4) is 0 Å². The molecule has 37 heavy (non-hydrogen) atoms. The number of imidazole rings is 2. The van der Waals surface area contributed by atoms with Crippen molar-refractivity contribution < 1.29 is 9.47 Å². The molecule has 7 rings (SSSR count). The molecule has 0 radical (unpaired) electrons. The van der Waals surface area contributed by atoms with E-state index in [1.165, 1.54) is 12.8 Å². The molecular weight excluding hydrogens is 468 g/mol. The lowest BCUT2D eigenvalue weighted by molar-refractivity contribution is -0.0112. The van der Waals surface area contributed by atoms with Crippen LogP contribution in [-0.4, -0.2) is 87.0 Å². The molecule has 3 aliphatic rings. The van der Waals surface area contributed by atoms with Crippen molar-refractivity contribution in [3.8, 4) is 5.95 Å². The van der Waals surface area contributed by atoms with E-state index >= 15 is 0 Å². The second-order valence-corrected chi connectivity index (χ2v) is 10.4. The molecule has 10 heteroatoms. The van der Waals surface area contributed by atoms with Crippen LogP contribution in [0.4, 0.5) is 5.82 Å². The molecule has 0 atom stereocenters. The van der Waals surface area contributed by atoms with Crippen LogP contribution in [0.1, 0.15) is 31.4 Å². The first-order valence-electron chi connectivity index (χ1n) is 13.6. The molecule has 3 fully saturated rings. The molecule has 0 saturated carbocycles. The number of hydrogen-bond acceptors (Lipinski definition) is 8. The maximum absolute atomic E-state index is 5.63. The van der Waals surface area contributed by atoms with E-state index < -0.39 is 0 Å². The lowest BCUT2D eigenvalue weighted by atomic mass is 9.81. The van der Waals surface area contributed by atoms with E-state index in [4.69, 9.17) is 29.4 Å². The molecule has 0 amide bonds. The van der Waals surface area contributed by atoms with Gasteiger partial charge in [0.05, 0.1) is 30.8 Å². The molecule has 6 heterocycles. The van der Waals surface area contributed by atoms with Gasteiger partial charge in [0, 0.05) is 45.8 Å². The van der Waals surface area contributed by atoms with Crippen molar-refractivity contribution >= 4 is 28.0 Å². The number of likely N-dealkylation sites (tertiary alicyclic amines) is 1. The molecule has 0 bridgehead atoms. The van der Waals surface area contributed by atoms with E-state index in [9.17, 15) is 0 Å². The van der Waals surface area contributed by atoms with Crippen LogP contribution in [0, 0.1) is 11.8 Å². The van der Waals surface area contributed by atoms with Crippen LogP contribution in [0.15, 0.2) is 24.3 Å². The molecule has 0 unspecified atom stereocenters. The van der Waals surface area contributed by atoms with E-state index in [2.05, 4.69) is 32.3 Å². The molecule has 3 saturated heterocycles. The lowest BCUT2D eigenvalue weighted by Crippen LogP contribution is -2.50. The van der Waals surface area contributed by atoms with Gasteiger partial charge in [0.1, 0.15) is 11.6 Å². The number of benzene rings is 1. The third kappa shape index (κ3) is 4.26. The van der Waals surface area contributed by atoms with Crippen LogP contribution < -0.4 is 4.90 Å². The Morgan fingerprint density at radius 1 is 0.919 bits per heavy atom. The summed E-state index contributed by atoms with van der Waals surface area (Å²) in [5.74, 6) is 5.00. The molecule has 1 N–H and O–H groups in total.